The van der Waals surface area contributed by atoms with Crippen LogP contribution in [0.25, 0.3) is 11.4 Å². The van der Waals surface area contributed by atoms with Gasteiger partial charge in [-0.15, -0.1) is 0 Å². The Bertz CT molecular complexity index is 477. The monoisotopic (exact) mass is 204 g/mol. The van der Waals surface area contributed by atoms with Crippen LogP contribution in [0, 0.1) is 13.8 Å². The maximum absolute atomic E-state index is 5.23. The van der Waals surface area contributed by atoms with E-state index in [0.29, 0.717) is 11.7 Å². The standard InChI is InChI=1S/C11H12N2O2/c1-7-4-5-9(6-10(7)14-3)11-12-8(2)15-13-11/h4-6H,1-3H3. The van der Waals surface area contributed by atoms with Gasteiger partial charge in [-0.3, -0.25) is 0 Å². The van der Waals surface area contributed by atoms with Crippen LogP contribution in [0.5, 0.6) is 5.75 Å². The van der Waals surface area contributed by atoms with E-state index in [1.165, 1.54) is 0 Å². The minimum atomic E-state index is 0.560. The summed E-state index contributed by atoms with van der Waals surface area (Å²) in [4.78, 5) is 4.15. The lowest BCUT2D eigenvalue weighted by Gasteiger charge is -2.04. The quantitative estimate of drug-likeness (QED) is 0.753. The Hall–Kier alpha value is -1.84. The minimum Gasteiger partial charge on any atom is -0.496 e. The lowest BCUT2D eigenvalue weighted by Crippen LogP contribution is -1.88. The Balaban J connectivity index is 2.45. The summed E-state index contributed by atoms with van der Waals surface area (Å²) < 4.78 is 10.1. The predicted molar refractivity (Wildman–Crippen MR) is 55.8 cm³/mol. The van der Waals surface area contributed by atoms with E-state index in [1.807, 2.05) is 25.1 Å². The first kappa shape index (κ1) is 9.71. The number of aromatic nitrogens is 2. The minimum absolute atomic E-state index is 0.560. The zero-order valence-electron chi connectivity index (χ0n) is 8.94. The Morgan fingerprint density at radius 3 is 2.67 bits per heavy atom. The van der Waals surface area contributed by atoms with Gasteiger partial charge in [0.25, 0.3) is 0 Å². The van der Waals surface area contributed by atoms with Crippen LogP contribution in [-0.4, -0.2) is 17.3 Å². The molecule has 0 saturated carbocycles. The number of rotatable bonds is 2. The largest absolute Gasteiger partial charge is 0.496 e. The van der Waals surface area contributed by atoms with Crippen molar-refractivity contribution in [1.82, 2.24) is 10.1 Å². The fraction of sp³-hybridized carbons (Fsp3) is 0.273. The number of aryl methyl sites for hydroxylation is 2. The summed E-state index contributed by atoms with van der Waals surface area (Å²) in [6.45, 7) is 3.76. The van der Waals surface area contributed by atoms with Crippen LogP contribution in [0.15, 0.2) is 22.7 Å². The first-order valence-corrected chi connectivity index (χ1v) is 4.66. The second-order valence-corrected chi connectivity index (χ2v) is 3.32. The highest BCUT2D eigenvalue weighted by Gasteiger charge is 2.07. The summed E-state index contributed by atoms with van der Waals surface area (Å²) >= 11 is 0. The van der Waals surface area contributed by atoms with Crippen LogP contribution in [0.1, 0.15) is 11.5 Å². The third-order valence-electron chi connectivity index (χ3n) is 2.19. The van der Waals surface area contributed by atoms with E-state index in [2.05, 4.69) is 10.1 Å². The SMILES string of the molecule is COc1cc(-c2noc(C)n2)ccc1C. The number of nitrogens with zero attached hydrogens (tertiary/aromatic N) is 2. The molecule has 2 rings (SSSR count). The van der Waals surface area contributed by atoms with Crippen molar-refractivity contribution in [2.75, 3.05) is 7.11 Å². The molecule has 1 heterocycles. The molecule has 0 aliphatic heterocycles. The Morgan fingerprint density at radius 1 is 1.27 bits per heavy atom. The Morgan fingerprint density at radius 2 is 2.07 bits per heavy atom. The van der Waals surface area contributed by atoms with Gasteiger partial charge in [0.05, 0.1) is 7.11 Å². The van der Waals surface area contributed by atoms with E-state index in [0.717, 1.165) is 16.9 Å². The molecule has 0 spiro atoms. The summed E-state index contributed by atoms with van der Waals surface area (Å²) in [5.41, 5.74) is 1.98. The molecule has 4 nitrogen and oxygen atoms in total. The number of hydrogen-bond donors (Lipinski definition) is 0. The molecule has 0 N–H and O–H groups in total. The van der Waals surface area contributed by atoms with E-state index in [4.69, 9.17) is 9.26 Å². The van der Waals surface area contributed by atoms with E-state index in [9.17, 15) is 0 Å². The van der Waals surface area contributed by atoms with Gasteiger partial charge in [0.1, 0.15) is 5.75 Å². The van der Waals surface area contributed by atoms with Crippen LogP contribution in [0.4, 0.5) is 0 Å². The Labute approximate surface area is 87.9 Å². The summed E-state index contributed by atoms with van der Waals surface area (Å²) in [7, 11) is 1.65. The van der Waals surface area contributed by atoms with Gasteiger partial charge in [-0.25, -0.2) is 0 Å². The molecule has 0 fully saturated rings. The number of methoxy groups -OCH3 is 1. The molecule has 15 heavy (non-hydrogen) atoms. The second kappa shape index (κ2) is 3.73. The van der Waals surface area contributed by atoms with Gasteiger partial charge in [0, 0.05) is 12.5 Å². The van der Waals surface area contributed by atoms with Crippen molar-refractivity contribution in [3.05, 3.63) is 29.7 Å². The summed E-state index contributed by atoms with van der Waals surface area (Å²) in [6, 6.07) is 5.82. The highest BCUT2D eigenvalue weighted by Crippen LogP contribution is 2.24. The third-order valence-corrected chi connectivity index (χ3v) is 2.19. The molecule has 0 amide bonds. The first-order valence-electron chi connectivity index (χ1n) is 4.66. The molecule has 0 aliphatic carbocycles. The fourth-order valence-electron chi connectivity index (χ4n) is 1.38. The summed E-state index contributed by atoms with van der Waals surface area (Å²) in [6.07, 6.45) is 0. The van der Waals surface area contributed by atoms with Crippen molar-refractivity contribution in [1.29, 1.82) is 0 Å². The lowest BCUT2D eigenvalue weighted by atomic mass is 10.1. The first-order chi connectivity index (χ1) is 7.20. The summed E-state index contributed by atoms with van der Waals surface area (Å²) in [5, 5.41) is 3.85. The van der Waals surface area contributed by atoms with Gasteiger partial charge < -0.3 is 9.26 Å². The molecule has 0 bridgehead atoms. The molecule has 0 saturated heterocycles. The highest BCUT2D eigenvalue weighted by atomic mass is 16.5. The van der Waals surface area contributed by atoms with E-state index in [-0.39, 0.29) is 0 Å². The molecule has 78 valence electrons. The maximum Gasteiger partial charge on any atom is 0.223 e. The number of ether oxygens (including phenoxy) is 1. The highest BCUT2D eigenvalue weighted by molar-refractivity contribution is 5.58. The van der Waals surface area contributed by atoms with E-state index >= 15 is 0 Å². The van der Waals surface area contributed by atoms with Gasteiger partial charge in [-0.2, -0.15) is 4.98 Å². The molecule has 0 atom stereocenters. The molecule has 1 aromatic carbocycles. The number of benzene rings is 1. The van der Waals surface area contributed by atoms with Crippen molar-refractivity contribution < 1.29 is 9.26 Å². The van der Waals surface area contributed by atoms with E-state index < -0.39 is 0 Å². The lowest BCUT2D eigenvalue weighted by molar-refractivity contribution is 0.394. The molecule has 0 radical (unpaired) electrons. The van der Waals surface area contributed by atoms with Gasteiger partial charge >= 0.3 is 0 Å². The molecule has 0 aliphatic rings. The maximum atomic E-state index is 5.23. The normalized spacial score (nSPS) is 10.3. The number of hydrogen-bond acceptors (Lipinski definition) is 4. The molecule has 1 aromatic heterocycles. The van der Waals surface area contributed by atoms with Gasteiger partial charge in [-0.05, 0) is 18.6 Å². The van der Waals surface area contributed by atoms with Crippen LogP contribution >= 0.6 is 0 Å². The van der Waals surface area contributed by atoms with Gasteiger partial charge in [-0.1, -0.05) is 17.3 Å². The zero-order valence-corrected chi connectivity index (χ0v) is 8.94. The molecule has 2 aromatic rings. The van der Waals surface area contributed by atoms with Gasteiger partial charge in [0.15, 0.2) is 0 Å². The fourth-order valence-corrected chi connectivity index (χ4v) is 1.38. The van der Waals surface area contributed by atoms with Crippen molar-refractivity contribution in [3.8, 4) is 17.1 Å². The Kier molecular flexibility index (Phi) is 2.41. The second-order valence-electron chi connectivity index (χ2n) is 3.32. The van der Waals surface area contributed by atoms with Gasteiger partial charge in [0.2, 0.25) is 11.7 Å². The van der Waals surface area contributed by atoms with Crippen LogP contribution in [0.3, 0.4) is 0 Å². The molecular weight excluding hydrogens is 192 g/mol. The third kappa shape index (κ3) is 1.83. The van der Waals surface area contributed by atoms with Crippen molar-refractivity contribution >= 4 is 0 Å². The smallest absolute Gasteiger partial charge is 0.223 e. The van der Waals surface area contributed by atoms with Crippen molar-refractivity contribution in [3.63, 3.8) is 0 Å². The average molecular weight is 204 g/mol. The van der Waals surface area contributed by atoms with Crippen LogP contribution < -0.4 is 4.74 Å². The molecule has 4 heteroatoms. The zero-order chi connectivity index (χ0) is 10.8. The summed E-state index contributed by atoms with van der Waals surface area (Å²) in [5.74, 6) is 1.98. The van der Waals surface area contributed by atoms with E-state index in [1.54, 1.807) is 14.0 Å². The topological polar surface area (TPSA) is 48.2 Å². The average Bonchev–Trinajstić information content (AvgIpc) is 2.66. The van der Waals surface area contributed by atoms with Crippen molar-refractivity contribution in [2.45, 2.75) is 13.8 Å². The van der Waals surface area contributed by atoms with Crippen molar-refractivity contribution in [2.24, 2.45) is 0 Å². The van der Waals surface area contributed by atoms with Crippen LogP contribution in [0.2, 0.25) is 0 Å². The van der Waals surface area contributed by atoms with Crippen LogP contribution in [-0.2, 0) is 0 Å². The predicted octanol–water partition coefficient (Wildman–Crippen LogP) is 2.36. The molecular formula is C11H12N2O2. The molecule has 0 unspecified atom stereocenters.